The fourth-order valence-electron chi connectivity index (χ4n) is 2.24. The first-order valence-corrected chi connectivity index (χ1v) is 9.39. The number of rotatable bonds is 5. The molecular weight excluding hydrogens is 340 g/mol. The molecule has 0 aliphatic rings. The zero-order valence-electron chi connectivity index (χ0n) is 13.5. The van der Waals surface area contributed by atoms with Crippen LogP contribution in [0.15, 0.2) is 71.9 Å². The van der Waals surface area contributed by atoms with E-state index in [-0.39, 0.29) is 17.1 Å². The summed E-state index contributed by atoms with van der Waals surface area (Å²) >= 11 is 0. The lowest BCUT2D eigenvalue weighted by atomic mass is 10.2. The second-order valence-corrected chi connectivity index (χ2v) is 7.52. The Labute approximate surface area is 145 Å². The summed E-state index contributed by atoms with van der Waals surface area (Å²) < 4.78 is 30.1. The number of aromatic nitrogens is 2. The maximum atomic E-state index is 12.1. The molecule has 0 saturated carbocycles. The molecule has 128 valence electrons. The minimum atomic E-state index is -3.37. The lowest BCUT2D eigenvalue weighted by Crippen LogP contribution is -2.06. The van der Waals surface area contributed by atoms with Crippen molar-refractivity contribution < 1.29 is 17.9 Å². The van der Waals surface area contributed by atoms with E-state index in [4.69, 9.17) is 4.74 Å². The van der Waals surface area contributed by atoms with E-state index in [9.17, 15) is 13.2 Å². The summed E-state index contributed by atoms with van der Waals surface area (Å²) in [6.45, 7) is 0.0504. The zero-order chi connectivity index (χ0) is 17.9. The molecule has 0 fully saturated rings. The Morgan fingerprint density at radius 3 is 2.60 bits per heavy atom. The van der Waals surface area contributed by atoms with Crippen LogP contribution in [0.3, 0.4) is 0 Å². The zero-order valence-corrected chi connectivity index (χ0v) is 14.3. The van der Waals surface area contributed by atoms with Gasteiger partial charge in [0.05, 0.1) is 22.3 Å². The molecule has 0 radical (unpaired) electrons. The average molecular weight is 356 g/mol. The van der Waals surface area contributed by atoms with Gasteiger partial charge in [0, 0.05) is 18.0 Å². The van der Waals surface area contributed by atoms with E-state index >= 15 is 0 Å². The largest absolute Gasteiger partial charge is 0.457 e. The van der Waals surface area contributed by atoms with E-state index in [1.807, 2.05) is 30.3 Å². The normalized spacial score (nSPS) is 11.2. The van der Waals surface area contributed by atoms with Crippen LogP contribution in [0.2, 0.25) is 0 Å². The van der Waals surface area contributed by atoms with Crippen LogP contribution < -0.4 is 0 Å². The number of esters is 1. The summed E-state index contributed by atoms with van der Waals surface area (Å²) in [5.41, 5.74) is 1.83. The number of sulfone groups is 1. The summed E-state index contributed by atoms with van der Waals surface area (Å²) in [6, 6.07) is 15.3. The molecule has 7 heteroatoms. The molecule has 1 heterocycles. The Bertz CT molecular complexity index is 995. The fraction of sp³-hybridized carbons (Fsp3) is 0.111. The molecule has 0 N–H and O–H groups in total. The maximum Gasteiger partial charge on any atom is 0.338 e. The van der Waals surface area contributed by atoms with Gasteiger partial charge in [0.2, 0.25) is 0 Å². The minimum absolute atomic E-state index is 0.0504. The van der Waals surface area contributed by atoms with Gasteiger partial charge in [0.25, 0.3) is 0 Å². The van der Waals surface area contributed by atoms with Gasteiger partial charge in [-0.2, -0.15) is 5.10 Å². The molecule has 0 unspecified atom stereocenters. The molecule has 6 nitrogen and oxygen atoms in total. The van der Waals surface area contributed by atoms with Crippen molar-refractivity contribution in [2.75, 3.05) is 6.26 Å². The van der Waals surface area contributed by atoms with Gasteiger partial charge in [0.1, 0.15) is 6.61 Å². The number of benzene rings is 2. The molecular formula is C18H16N2O4S. The molecule has 0 saturated heterocycles. The maximum absolute atomic E-state index is 12.1. The summed E-state index contributed by atoms with van der Waals surface area (Å²) in [4.78, 5) is 12.2. The number of hydrogen-bond donors (Lipinski definition) is 0. The smallest absolute Gasteiger partial charge is 0.338 e. The van der Waals surface area contributed by atoms with Gasteiger partial charge in [0.15, 0.2) is 9.84 Å². The molecule has 1 aromatic heterocycles. The number of carbonyl (C=O) groups is 1. The van der Waals surface area contributed by atoms with Crippen LogP contribution in [0.5, 0.6) is 0 Å². The van der Waals surface area contributed by atoms with Gasteiger partial charge in [-0.05, 0) is 30.3 Å². The van der Waals surface area contributed by atoms with Crippen molar-refractivity contribution in [1.29, 1.82) is 0 Å². The van der Waals surface area contributed by atoms with Gasteiger partial charge in [-0.25, -0.2) is 17.9 Å². The Kier molecular flexibility index (Phi) is 4.67. The van der Waals surface area contributed by atoms with Crippen molar-refractivity contribution in [3.63, 3.8) is 0 Å². The molecule has 0 aliphatic heterocycles. The van der Waals surface area contributed by atoms with Crippen molar-refractivity contribution in [3.05, 3.63) is 78.1 Å². The van der Waals surface area contributed by atoms with Crippen molar-refractivity contribution >= 4 is 15.8 Å². The van der Waals surface area contributed by atoms with Crippen molar-refractivity contribution in [1.82, 2.24) is 9.78 Å². The number of nitrogens with zero attached hydrogens (tertiary/aromatic N) is 2. The van der Waals surface area contributed by atoms with Gasteiger partial charge >= 0.3 is 5.97 Å². The van der Waals surface area contributed by atoms with Crippen molar-refractivity contribution in [2.24, 2.45) is 0 Å². The summed E-state index contributed by atoms with van der Waals surface area (Å²) in [7, 11) is -3.37. The average Bonchev–Trinajstić information content (AvgIpc) is 3.09. The Hall–Kier alpha value is -2.93. The first kappa shape index (κ1) is 16.9. The van der Waals surface area contributed by atoms with E-state index in [1.165, 1.54) is 24.3 Å². The highest BCUT2D eigenvalue weighted by molar-refractivity contribution is 7.90. The molecule has 0 atom stereocenters. The van der Waals surface area contributed by atoms with Crippen molar-refractivity contribution in [2.45, 2.75) is 11.5 Å². The third kappa shape index (κ3) is 4.13. The van der Waals surface area contributed by atoms with Crippen LogP contribution in [0.25, 0.3) is 5.69 Å². The monoisotopic (exact) mass is 356 g/mol. The van der Waals surface area contributed by atoms with Gasteiger partial charge in [-0.15, -0.1) is 0 Å². The molecule has 3 aromatic rings. The Morgan fingerprint density at radius 2 is 1.88 bits per heavy atom. The first-order chi connectivity index (χ1) is 11.9. The predicted molar refractivity (Wildman–Crippen MR) is 92.2 cm³/mol. The second-order valence-electron chi connectivity index (χ2n) is 5.50. The molecule has 25 heavy (non-hydrogen) atoms. The van der Waals surface area contributed by atoms with Crippen LogP contribution in [0, 0.1) is 0 Å². The lowest BCUT2D eigenvalue weighted by molar-refractivity contribution is 0.0472. The van der Waals surface area contributed by atoms with Gasteiger partial charge in [-0.3, -0.25) is 0 Å². The third-order valence-corrected chi connectivity index (χ3v) is 4.63. The lowest BCUT2D eigenvalue weighted by Gasteiger charge is -2.05. The van der Waals surface area contributed by atoms with E-state index in [1.54, 1.807) is 17.1 Å². The first-order valence-electron chi connectivity index (χ1n) is 7.50. The topological polar surface area (TPSA) is 78.3 Å². The minimum Gasteiger partial charge on any atom is -0.457 e. The molecule has 3 rings (SSSR count). The van der Waals surface area contributed by atoms with E-state index < -0.39 is 15.8 Å². The van der Waals surface area contributed by atoms with Gasteiger partial charge < -0.3 is 4.74 Å². The Balaban J connectivity index is 1.68. The highest BCUT2D eigenvalue weighted by Crippen LogP contribution is 2.14. The Morgan fingerprint density at radius 1 is 1.12 bits per heavy atom. The van der Waals surface area contributed by atoms with Crippen LogP contribution in [-0.4, -0.2) is 30.4 Å². The van der Waals surface area contributed by atoms with E-state index in [0.29, 0.717) is 0 Å². The van der Waals surface area contributed by atoms with Crippen LogP contribution in [-0.2, 0) is 21.2 Å². The molecule has 0 amide bonds. The standard InChI is InChI=1S/C18H16N2O4S/c1-25(22,23)17-9-5-6-15(10-17)18(21)24-13-14-11-19-20(12-14)16-7-3-2-4-8-16/h2-12H,13H2,1H3. The molecule has 0 bridgehead atoms. The fourth-order valence-corrected chi connectivity index (χ4v) is 2.91. The van der Waals surface area contributed by atoms with Gasteiger partial charge in [-0.1, -0.05) is 24.3 Å². The highest BCUT2D eigenvalue weighted by atomic mass is 32.2. The quantitative estimate of drug-likeness (QED) is 0.657. The third-order valence-electron chi connectivity index (χ3n) is 3.52. The van der Waals surface area contributed by atoms with E-state index in [2.05, 4.69) is 5.10 Å². The second kappa shape index (κ2) is 6.90. The van der Waals surface area contributed by atoms with Crippen LogP contribution in [0.1, 0.15) is 15.9 Å². The number of hydrogen-bond acceptors (Lipinski definition) is 5. The molecule has 0 spiro atoms. The molecule has 0 aliphatic carbocycles. The summed E-state index contributed by atoms with van der Waals surface area (Å²) in [6.07, 6.45) is 4.48. The number of ether oxygens (including phenoxy) is 1. The SMILES string of the molecule is CS(=O)(=O)c1cccc(C(=O)OCc2cnn(-c3ccccc3)c2)c1. The number of para-hydroxylation sites is 1. The molecule has 2 aromatic carbocycles. The predicted octanol–water partition coefficient (Wildman–Crippen LogP) is 2.63. The number of carbonyl (C=O) groups excluding carboxylic acids is 1. The highest BCUT2D eigenvalue weighted by Gasteiger charge is 2.13. The van der Waals surface area contributed by atoms with Crippen LogP contribution in [0.4, 0.5) is 0 Å². The van der Waals surface area contributed by atoms with Crippen molar-refractivity contribution in [3.8, 4) is 5.69 Å². The van der Waals surface area contributed by atoms with Crippen LogP contribution >= 0.6 is 0 Å². The summed E-state index contributed by atoms with van der Waals surface area (Å²) in [5.74, 6) is -0.585. The van der Waals surface area contributed by atoms with E-state index in [0.717, 1.165) is 17.5 Å². The summed E-state index contributed by atoms with van der Waals surface area (Å²) in [5, 5.41) is 4.23.